The number of nitrogens with zero attached hydrogens (tertiary/aromatic N) is 1. The summed E-state index contributed by atoms with van der Waals surface area (Å²) >= 11 is 0. The summed E-state index contributed by atoms with van der Waals surface area (Å²) in [5.41, 5.74) is 6.63. The Bertz CT molecular complexity index is 499. The van der Waals surface area contributed by atoms with Crippen molar-refractivity contribution in [2.45, 2.75) is 25.3 Å². The van der Waals surface area contributed by atoms with Gasteiger partial charge in [0.05, 0.1) is 16.6 Å². The van der Waals surface area contributed by atoms with Gasteiger partial charge in [-0.05, 0) is 18.4 Å². The summed E-state index contributed by atoms with van der Waals surface area (Å²) in [5.74, 6) is 1.58. The number of nitro benzene ring substituents is 1. The fourth-order valence-electron chi connectivity index (χ4n) is 2.24. The van der Waals surface area contributed by atoms with Gasteiger partial charge >= 0.3 is 0 Å². The highest BCUT2D eigenvalue weighted by atomic mass is 16.7. The van der Waals surface area contributed by atoms with E-state index in [0.717, 1.165) is 6.42 Å². The summed E-state index contributed by atoms with van der Waals surface area (Å²) in [6, 6.07) is 2.74. The zero-order valence-electron chi connectivity index (χ0n) is 9.80. The van der Waals surface area contributed by atoms with Crippen molar-refractivity contribution >= 4 is 5.69 Å². The van der Waals surface area contributed by atoms with E-state index in [1.165, 1.54) is 18.9 Å². The van der Waals surface area contributed by atoms with E-state index >= 15 is 0 Å². The minimum Gasteiger partial charge on any atom is -0.454 e. The first-order chi connectivity index (χ1) is 8.65. The predicted molar refractivity (Wildman–Crippen MR) is 63.5 cm³/mol. The van der Waals surface area contributed by atoms with E-state index in [0.29, 0.717) is 23.0 Å². The molecule has 6 heteroatoms. The lowest BCUT2D eigenvalue weighted by atomic mass is 9.99. The van der Waals surface area contributed by atoms with E-state index < -0.39 is 4.92 Å². The number of nitrogens with two attached hydrogens (primary N) is 1. The topological polar surface area (TPSA) is 87.6 Å². The molecule has 1 aromatic rings. The van der Waals surface area contributed by atoms with Crippen LogP contribution < -0.4 is 15.2 Å². The summed E-state index contributed by atoms with van der Waals surface area (Å²) in [7, 11) is 0. The molecule has 0 bridgehead atoms. The van der Waals surface area contributed by atoms with Crippen LogP contribution in [0.3, 0.4) is 0 Å². The first-order valence-electron chi connectivity index (χ1n) is 5.98. The van der Waals surface area contributed by atoms with E-state index in [9.17, 15) is 10.1 Å². The highest BCUT2D eigenvalue weighted by Crippen LogP contribution is 2.43. The third-order valence-corrected chi connectivity index (χ3v) is 3.40. The van der Waals surface area contributed by atoms with Crippen LogP contribution >= 0.6 is 0 Å². The van der Waals surface area contributed by atoms with Gasteiger partial charge in [-0.1, -0.05) is 12.8 Å². The van der Waals surface area contributed by atoms with Crippen molar-refractivity contribution in [3.8, 4) is 11.5 Å². The summed E-state index contributed by atoms with van der Waals surface area (Å²) in [5, 5.41) is 11.1. The standard InChI is InChI=1S/C12H14N2O4/c13-9(3-7-1-2-7)8-4-11-12(18-6-17-11)5-10(8)14(15)16/h4-5,7,9H,1-3,6,13H2/t9-/m1/s1. The van der Waals surface area contributed by atoms with Crippen molar-refractivity contribution in [3.05, 3.63) is 27.8 Å². The van der Waals surface area contributed by atoms with Crippen LogP contribution in [0.2, 0.25) is 0 Å². The summed E-state index contributed by atoms with van der Waals surface area (Å²) < 4.78 is 10.4. The monoisotopic (exact) mass is 250 g/mol. The molecule has 1 aromatic carbocycles. The Kier molecular flexibility index (Phi) is 2.59. The van der Waals surface area contributed by atoms with Crippen LogP contribution in [0.1, 0.15) is 30.9 Å². The molecule has 1 heterocycles. The van der Waals surface area contributed by atoms with E-state index in [-0.39, 0.29) is 18.5 Å². The second-order valence-electron chi connectivity index (χ2n) is 4.81. The van der Waals surface area contributed by atoms with Gasteiger partial charge in [0.1, 0.15) is 0 Å². The molecule has 0 radical (unpaired) electrons. The Hall–Kier alpha value is -1.82. The quantitative estimate of drug-likeness (QED) is 0.653. The average Bonchev–Trinajstić information content (AvgIpc) is 3.03. The maximum atomic E-state index is 11.1. The van der Waals surface area contributed by atoms with Crippen molar-refractivity contribution in [1.82, 2.24) is 0 Å². The van der Waals surface area contributed by atoms with Gasteiger partial charge in [-0.25, -0.2) is 0 Å². The third-order valence-electron chi connectivity index (χ3n) is 3.40. The first kappa shape index (κ1) is 11.3. The lowest BCUT2D eigenvalue weighted by Gasteiger charge is -2.12. The van der Waals surface area contributed by atoms with Crippen LogP contribution in [0.5, 0.6) is 11.5 Å². The largest absolute Gasteiger partial charge is 0.454 e. The molecule has 96 valence electrons. The molecule has 1 saturated carbocycles. The Morgan fingerprint density at radius 1 is 1.39 bits per heavy atom. The fraction of sp³-hybridized carbons (Fsp3) is 0.500. The van der Waals surface area contributed by atoms with Gasteiger partial charge in [0.2, 0.25) is 6.79 Å². The van der Waals surface area contributed by atoms with Crippen LogP contribution in [0, 0.1) is 16.0 Å². The molecule has 18 heavy (non-hydrogen) atoms. The molecule has 3 rings (SSSR count). The Morgan fingerprint density at radius 2 is 2.06 bits per heavy atom. The van der Waals surface area contributed by atoms with Crippen molar-refractivity contribution in [2.75, 3.05) is 6.79 Å². The molecule has 1 atom stereocenters. The molecular formula is C12H14N2O4. The van der Waals surface area contributed by atoms with Gasteiger partial charge in [-0.2, -0.15) is 0 Å². The Balaban J connectivity index is 1.96. The number of hydrogen-bond donors (Lipinski definition) is 1. The number of fused-ring (bicyclic) bond motifs is 1. The minimum absolute atomic E-state index is 0.0207. The number of benzene rings is 1. The second kappa shape index (κ2) is 4.13. The van der Waals surface area contributed by atoms with Crippen LogP contribution in [0.4, 0.5) is 5.69 Å². The van der Waals surface area contributed by atoms with Crippen molar-refractivity contribution < 1.29 is 14.4 Å². The lowest BCUT2D eigenvalue weighted by molar-refractivity contribution is -0.385. The molecule has 0 spiro atoms. The molecule has 2 N–H and O–H groups in total. The van der Waals surface area contributed by atoms with E-state index in [2.05, 4.69) is 0 Å². The van der Waals surface area contributed by atoms with E-state index in [1.807, 2.05) is 0 Å². The van der Waals surface area contributed by atoms with Gasteiger partial charge < -0.3 is 15.2 Å². The lowest BCUT2D eigenvalue weighted by Crippen LogP contribution is -2.13. The van der Waals surface area contributed by atoms with Crippen LogP contribution in [0.15, 0.2) is 12.1 Å². The van der Waals surface area contributed by atoms with Gasteiger partial charge in [0.25, 0.3) is 5.69 Å². The van der Waals surface area contributed by atoms with Gasteiger partial charge in [-0.3, -0.25) is 10.1 Å². The molecule has 0 amide bonds. The number of nitro groups is 1. The van der Waals surface area contributed by atoms with Gasteiger partial charge in [0, 0.05) is 6.04 Å². The Labute approximate surface area is 104 Å². The Morgan fingerprint density at radius 3 is 2.67 bits per heavy atom. The SMILES string of the molecule is N[C@H](CC1CC1)c1cc2c(cc1[N+](=O)[O-])OCO2. The van der Waals surface area contributed by atoms with E-state index in [1.54, 1.807) is 6.07 Å². The first-order valence-corrected chi connectivity index (χ1v) is 5.98. The maximum Gasteiger partial charge on any atom is 0.278 e. The molecular weight excluding hydrogens is 236 g/mol. The number of hydrogen-bond acceptors (Lipinski definition) is 5. The molecule has 6 nitrogen and oxygen atoms in total. The normalized spacial score (nSPS) is 18.7. The highest BCUT2D eigenvalue weighted by Gasteiger charge is 2.30. The average molecular weight is 250 g/mol. The molecule has 2 aliphatic rings. The maximum absolute atomic E-state index is 11.1. The molecule has 0 unspecified atom stereocenters. The van der Waals surface area contributed by atoms with E-state index in [4.69, 9.17) is 15.2 Å². The van der Waals surface area contributed by atoms with Crippen molar-refractivity contribution in [3.63, 3.8) is 0 Å². The highest BCUT2D eigenvalue weighted by molar-refractivity contribution is 5.56. The van der Waals surface area contributed by atoms with Crippen molar-refractivity contribution in [2.24, 2.45) is 11.7 Å². The molecule has 1 aliphatic heterocycles. The van der Waals surface area contributed by atoms with Crippen LogP contribution in [-0.2, 0) is 0 Å². The summed E-state index contributed by atoms with van der Waals surface area (Å²) in [6.45, 7) is 0.105. The summed E-state index contributed by atoms with van der Waals surface area (Å²) in [6.07, 6.45) is 3.14. The number of rotatable bonds is 4. The third kappa shape index (κ3) is 1.99. The predicted octanol–water partition coefficient (Wildman–Crippen LogP) is 2.12. The zero-order chi connectivity index (χ0) is 12.7. The second-order valence-corrected chi connectivity index (χ2v) is 4.81. The van der Waals surface area contributed by atoms with Crippen LogP contribution in [0.25, 0.3) is 0 Å². The molecule has 1 fully saturated rings. The smallest absolute Gasteiger partial charge is 0.278 e. The van der Waals surface area contributed by atoms with Gasteiger partial charge in [-0.15, -0.1) is 0 Å². The summed E-state index contributed by atoms with van der Waals surface area (Å²) in [4.78, 5) is 10.7. The van der Waals surface area contributed by atoms with Crippen molar-refractivity contribution in [1.29, 1.82) is 0 Å². The number of ether oxygens (including phenoxy) is 2. The minimum atomic E-state index is -0.413. The van der Waals surface area contributed by atoms with Crippen LogP contribution in [-0.4, -0.2) is 11.7 Å². The molecule has 0 saturated heterocycles. The fourth-order valence-corrected chi connectivity index (χ4v) is 2.24. The zero-order valence-corrected chi connectivity index (χ0v) is 9.80. The van der Waals surface area contributed by atoms with Gasteiger partial charge in [0.15, 0.2) is 11.5 Å². The molecule has 1 aliphatic carbocycles. The molecule has 0 aromatic heterocycles.